The van der Waals surface area contributed by atoms with Crippen LogP contribution in [0, 0.1) is 13.8 Å². The molecule has 0 aromatic carbocycles. The van der Waals surface area contributed by atoms with Crippen LogP contribution in [0.3, 0.4) is 0 Å². The van der Waals surface area contributed by atoms with Gasteiger partial charge in [0.25, 0.3) is 0 Å². The molecule has 2 aromatic heterocycles. The lowest BCUT2D eigenvalue weighted by Crippen LogP contribution is -2.08. The van der Waals surface area contributed by atoms with Crippen LogP contribution in [0.2, 0.25) is 0 Å². The molecular weight excluding hydrogens is 254 g/mol. The number of hydrogen-bond donors (Lipinski definition) is 1. The highest BCUT2D eigenvalue weighted by atomic mass is 32.1. The van der Waals surface area contributed by atoms with Crippen LogP contribution in [0.15, 0.2) is 11.4 Å². The minimum Gasteiger partial charge on any atom is -0.370 e. The molecular formula is C15H21N3S. The minimum atomic E-state index is 0.858. The van der Waals surface area contributed by atoms with Crippen molar-refractivity contribution in [1.29, 1.82) is 0 Å². The normalized spacial score (nSPS) is 10.7. The van der Waals surface area contributed by atoms with Gasteiger partial charge in [-0.3, -0.25) is 0 Å². The third kappa shape index (κ3) is 2.95. The Balaban J connectivity index is 2.50. The van der Waals surface area contributed by atoms with E-state index in [2.05, 4.69) is 49.4 Å². The second-order valence-corrected chi connectivity index (χ2v) is 5.75. The largest absolute Gasteiger partial charge is 0.370 e. The molecule has 2 aromatic rings. The number of rotatable bonds is 5. The summed E-state index contributed by atoms with van der Waals surface area (Å²) < 4.78 is 0. The van der Waals surface area contributed by atoms with E-state index >= 15 is 0 Å². The lowest BCUT2D eigenvalue weighted by Gasteiger charge is -2.13. The van der Waals surface area contributed by atoms with Gasteiger partial charge < -0.3 is 5.32 Å². The summed E-state index contributed by atoms with van der Waals surface area (Å²) in [6.07, 6.45) is 1.95. The van der Waals surface area contributed by atoms with Crippen LogP contribution in [0.25, 0.3) is 11.3 Å². The fourth-order valence-electron chi connectivity index (χ4n) is 2.03. The Hall–Kier alpha value is -1.42. The molecule has 0 unspecified atom stereocenters. The van der Waals surface area contributed by atoms with E-state index < -0.39 is 0 Å². The Labute approximate surface area is 119 Å². The second kappa shape index (κ2) is 6.15. The summed E-state index contributed by atoms with van der Waals surface area (Å²) in [7, 11) is 0. The third-order valence-electron chi connectivity index (χ3n) is 3.16. The van der Waals surface area contributed by atoms with Crippen LogP contribution in [-0.4, -0.2) is 16.5 Å². The number of nitrogens with zero attached hydrogens (tertiary/aromatic N) is 2. The van der Waals surface area contributed by atoms with Crippen LogP contribution < -0.4 is 5.32 Å². The number of nitrogens with one attached hydrogen (secondary N) is 1. The van der Waals surface area contributed by atoms with Crippen molar-refractivity contribution in [2.75, 3.05) is 11.9 Å². The summed E-state index contributed by atoms with van der Waals surface area (Å²) in [5.41, 5.74) is 3.45. The maximum Gasteiger partial charge on any atom is 0.133 e. The monoisotopic (exact) mass is 275 g/mol. The molecule has 0 fully saturated rings. The van der Waals surface area contributed by atoms with E-state index in [9.17, 15) is 0 Å². The van der Waals surface area contributed by atoms with Crippen LogP contribution in [0.1, 0.15) is 36.5 Å². The van der Waals surface area contributed by atoms with Crippen LogP contribution in [-0.2, 0) is 6.42 Å². The van der Waals surface area contributed by atoms with Gasteiger partial charge in [0.15, 0.2) is 0 Å². The number of hydrogen-bond acceptors (Lipinski definition) is 4. The van der Waals surface area contributed by atoms with E-state index in [4.69, 9.17) is 4.98 Å². The lowest BCUT2D eigenvalue weighted by molar-refractivity contribution is 0.911. The van der Waals surface area contributed by atoms with E-state index in [1.807, 2.05) is 0 Å². The van der Waals surface area contributed by atoms with Gasteiger partial charge in [0.1, 0.15) is 11.6 Å². The quantitative estimate of drug-likeness (QED) is 0.888. The van der Waals surface area contributed by atoms with Gasteiger partial charge in [0.2, 0.25) is 0 Å². The number of aromatic nitrogens is 2. The van der Waals surface area contributed by atoms with Crippen molar-refractivity contribution >= 4 is 17.2 Å². The topological polar surface area (TPSA) is 37.8 Å². The van der Waals surface area contributed by atoms with Crippen molar-refractivity contribution in [3.05, 3.63) is 27.7 Å². The summed E-state index contributed by atoms with van der Waals surface area (Å²) in [5.74, 6) is 1.89. The molecule has 4 heteroatoms. The zero-order chi connectivity index (χ0) is 13.8. The molecule has 0 spiro atoms. The molecule has 2 heterocycles. The molecule has 0 aliphatic carbocycles. The molecule has 0 saturated heterocycles. The predicted octanol–water partition coefficient (Wildman–Crippen LogP) is 4.21. The van der Waals surface area contributed by atoms with Gasteiger partial charge >= 0.3 is 0 Å². The Morgan fingerprint density at radius 1 is 1.21 bits per heavy atom. The zero-order valence-corrected chi connectivity index (χ0v) is 12.9. The van der Waals surface area contributed by atoms with E-state index in [1.54, 1.807) is 11.3 Å². The van der Waals surface area contributed by atoms with Crippen LogP contribution >= 0.6 is 11.3 Å². The minimum absolute atomic E-state index is 0.858. The Bertz CT molecular complexity index is 561. The molecule has 0 bridgehead atoms. The standard InChI is InChI=1S/C15H21N3S/c1-5-8-16-15-10(3)14(17-13(6-2)18-15)12-7-9-19-11(12)4/h7,9H,5-6,8H2,1-4H3,(H,16,17,18). The fourth-order valence-corrected chi connectivity index (χ4v) is 2.73. The highest BCUT2D eigenvalue weighted by Gasteiger charge is 2.13. The molecule has 0 amide bonds. The fraction of sp³-hybridized carbons (Fsp3) is 0.467. The number of anilines is 1. The molecule has 3 nitrogen and oxygen atoms in total. The molecule has 1 N–H and O–H groups in total. The summed E-state index contributed by atoms with van der Waals surface area (Å²) in [6.45, 7) is 9.45. The molecule has 0 saturated carbocycles. The van der Waals surface area contributed by atoms with E-state index in [1.165, 1.54) is 10.4 Å². The van der Waals surface area contributed by atoms with Crippen molar-refractivity contribution in [2.45, 2.75) is 40.5 Å². The number of thiophene rings is 1. The summed E-state index contributed by atoms with van der Waals surface area (Å²) >= 11 is 1.76. The second-order valence-electron chi connectivity index (χ2n) is 4.63. The van der Waals surface area contributed by atoms with Gasteiger partial charge in [0, 0.05) is 29.0 Å². The van der Waals surface area contributed by atoms with Gasteiger partial charge in [-0.2, -0.15) is 0 Å². The Morgan fingerprint density at radius 2 is 2.00 bits per heavy atom. The van der Waals surface area contributed by atoms with Crippen LogP contribution in [0.4, 0.5) is 5.82 Å². The molecule has 102 valence electrons. The maximum atomic E-state index is 4.72. The summed E-state index contributed by atoms with van der Waals surface area (Å²) in [4.78, 5) is 10.6. The van der Waals surface area contributed by atoms with Gasteiger partial charge in [0.05, 0.1) is 5.69 Å². The van der Waals surface area contributed by atoms with E-state index in [0.29, 0.717) is 0 Å². The van der Waals surface area contributed by atoms with Gasteiger partial charge in [-0.15, -0.1) is 11.3 Å². The SMILES string of the molecule is CCCNc1nc(CC)nc(-c2ccsc2C)c1C. The number of aryl methyl sites for hydroxylation is 2. The maximum absolute atomic E-state index is 4.72. The van der Waals surface area contributed by atoms with Crippen molar-refractivity contribution in [3.8, 4) is 11.3 Å². The van der Waals surface area contributed by atoms with Crippen LogP contribution in [0.5, 0.6) is 0 Å². The van der Waals surface area contributed by atoms with Crippen molar-refractivity contribution in [1.82, 2.24) is 9.97 Å². The lowest BCUT2D eigenvalue weighted by atomic mass is 10.1. The average molecular weight is 275 g/mol. The third-order valence-corrected chi connectivity index (χ3v) is 4.01. The first-order valence-electron chi connectivity index (χ1n) is 6.83. The first-order chi connectivity index (χ1) is 9.17. The highest BCUT2D eigenvalue weighted by molar-refractivity contribution is 7.10. The predicted molar refractivity (Wildman–Crippen MR) is 83.0 cm³/mol. The average Bonchev–Trinajstić information content (AvgIpc) is 2.84. The van der Waals surface area contributed by atoms with E-state index in [-0.39, 0.29) is 0 Å². The van der Waals surface area contributed by atoms with Gasteiger partial charge in [-0.1, -0.05) is 13.8 Å². The first kappa shape index (κ1) is 14.0. The molecule has 19 heavy (non-hydrogen) atoms. The first-order valence-corrected chi connectivity index (χ1v) is 7.71. The Morgan fingerprint density at radius 3 is 2.58 bits per heavy atom. The van der Waals surface area contributed by atoms with Crippen molar-refractivity contribution in [2.24, 2.45) is 0 Å². The zero-order valence-electron chi connectivity index (χ0n) is 12.1. The van der Waals surface area contributed by atoms with Gasteiger partial charge in [-0.05, 0) is 31.7 Å². The molecule has 0 aliphatic rings. The van der Waals surface area contributed by atoms with Gasteiger partial charge in [-0.25, -0.2) is 9.97 Å². The summed E-state index contributed by atoms with van der Waals surface area (Å²) in [6, 6.07) is 2.15. The molecule has 0 atom stereocenters. The van der Waals surface area contributed by atoms with Crippen molar-refractivity contribution in [3.63, 3.8) is 0 Å². The molecule has 0 radical (unpaired) electrons. The summed E-state index contributed by atoms with van der Waals surface area (Å²) in [5, 5.41) is 5.53. The van der Waals surface area contributed by atoms with E-state index in [0.717, 1.165) is 42.3 Å². The highest BCUT2D eigenvalue weighted by Crippen LogP contribution is 2.31. The van der Waals surface area contributed by atoms with Crippen molar-refractivity contribution < 1.29 is 0 Å². The molecule has 2 rings (SSSR count). The Kier molecular flexibility index (Phi) is 4.53. The molecule has 0 aliphatic heterocycles. The smallest absolute Gasteiger partial charge is 0.133 e.